The molecule has 2 aromatic rings. The Morgan fingerprint density at radius 1 is 1.24 bits per heavy atom. The number of aromatic nitrogens is 1. The minimum absolute atomic E-state index is 0.323. The van der Waals surface area contributed by atoms with Crippen LogP contribution in [-0.2, 0) is 12.8 Å². The number of fused-ring (bicyclic) bond motifs is 1. The maximum Gasteiger partial charge on any atom is 0.338 e. The molecular formula is C17H17NO2S. The number of aromatic carboxylic acids is 1. The molecule has 1 aliphatic carbocycles. The molecule has 21 heavy (non-hydrogen) atoms. The molecule has 1 N–H and O–H groups in total. The van der Waals surface area contributed by atoms with E-state index >= 15 is 0 Å². The first-order valence-electron chi connectivity index (χ1n) is 7.15. The van der Waals surface area contributed by atoms with Gasteiger partial charge in [0.25, 0.3) is 0 Å². The standard InChI is InChI=1S/C17H17NO2S/c1-11-6-2-5-9-15(11)21-16-13(17(19)20)10-12-7-3-4-8-14(12)18-16/h2,5-6,9-10H,3-4,7-8H2,1H3,(H,19,20). The maximum atomic E-state index is 11.5. The Labute approximate surface area is 128 Å². The highest BCUT2D eigenvalue weighted by Crippen LogP contribution is 2.33. The van der Waals surface area contributed by atoms with Crippen LogP contribution >= 0.6 is 11.8 Å². The van der Waals surface area contributed by atoms with Gasteiger partial charge in [-0.1, -0.05) is 30.0 Å². The summed E-state index contributed by atoms with van der Waals surface area (Å²) < 4.78 is 0. The fourth-order valence-electron chi connectivity index (χ4n) is 2.62. The van der Waals surface area contributed by atoms with Gasteiger partial charge in [0, 0.05) is 10.6 Å². The number of carbonyl (C=O) groups is 1. The van der Waals surface area contributed by atoms with Gasteiger partial charge in [0.05, 0.1) is 5.56 Å². The monoisotopic (exact) mass is 299 g/mol. The molecule has 0 spiro atoms. The number of pyridine rings is 1. The highest BCUT2D eigenvalue weighted by atomic mass is 32.2. The van der Waals surface area contributed by atoms with Crippen molar-refractivity contribution in [3.05, 3.63) is 52.7 Å². The summed E-state index contributed by atoms with van der Waals surface area (Å²) in [6, 6.07) is 9.81. The molecule has 0 radical (unpaired) electrons. The first-order chi connectivity index (χ1) is 10.1. The molecule has 1 aromatic carbocycles. The highest BCUT2D eigenvalue weighted by molar-refractivity contribution is 7.99. The van der Waals surface area contributed by atoms with Crippen LogP contribution in [-0.4, -0.2) is 16.1 Å². The van der Waals surface area contributed by atoms with Crippen LogP contribution in [0.1, 0.15) is 40.0 Å². The van der Waals surface area contributed by atoms with E-state index in [9.17, 15) is 9.90 Å². The largest absolute Gasteiger partial charge is 0.478 e. The molecule has 0 atom stereocenters. The Morgan fingerprint density at radius 3 is 2.76 bits per heavy atom. The number of carboxylic acids is 1. The lowest BCUT2D eigenvalue weighted by Crippen LogP contribution is -2.10. The second-order valence-corrected chi connectivity index (χ2v) is 6.36. The molecule has 0 fully saturated rings. The molecule has 0 unspecified atom stereocenters. The van der Waals surface area contributed by atoms with Gasteiger partial charge in [0.15, 0.2) is 0 Å². The average molecular weight is 299 g/mol. The number of hydrogen-bond acceptors (Lipinski definition) is 3. The van der Waals surface area contributed by atoms with Crippen LogP contribution in [0.3, 0.4) is 0 Å². The predicted octanol–water partition coefficient (Wildman–Crippen LogP) is 4.12. The van der Waals surface area contributed by atoms with Crippen molar-refractivity contribution in [3.8, 4) is 0 Å². The van der Waals surface area contributed by atoms with Gasteiger partial charge in [0.2, 0.25) is 0 Å². The zero-order valence-electron chi connectivity index (χ0n) is 11.9. The second kappa shape index (κ2) is 5.90. The van der Waals surface area contributed by atoms with E-state index in [0.717, 1.165) is 47.4 Å². The van der Waals surface area contributed by atoms with E-state index in [2.05, 4.69) is 4.98 Å². The quantitative estimate of drug-likeness (QED) is 0.926. The van der Waals surface area contributed by atoms with Crippen molar-refractivity contribution in [1.29, 1.82) is 0 Å². The van der Waals surface area contributed by atoms with Crippen LogP contribution in [0.15, 0.2) is 40.3 Å². The molecule has 1 heterocycles. The van der Waals surface area contributed by atoms with Crippen LogP contribution in [0.5, 0.6) is 0 Å². The van der Waals surface area contributed by atoms with Gasteiger partial charge in [-0.2, -0.15) is 0 Å². The molecule has 0 saturated heterocycles. The Kier molecular flexibility index (Phi) is 3.97. The Balaban J connectivity index is 2.04. The SMILES string of the molecule is Cc1ccccc1Sc1nc2c(cc1C(=O)O)CCCC2. The Bertz CT molecular complexity index is 697. The lowest BCUT2D eigenvalue weighted by atomic mass is 9.95. The fourth-order valence-corrected chi connectivity index (χ4v) is 3.62. The molecule has 1 aliphatic rings. The minimum atomic E-state index is -0.896. The number of aryl methyl sites for hydroxylation is 3. The van der Waals surface area contributed by atoms with E-state index in [1.165, 1.54) is 11.8 Å². The number of benzene rings is 1. The van der Waals surface area contributed by atoms with E-state index < -0.39 is 5.97 Å². The maximum absolute atomic E-state index is 11.5. The molecule has 1 aromatic heterocycles. The molecule has 0 aliphatic heterocycles. The topological polar surface area (TPSA) is 50.2 Å². The summed E-state index contributed by atoms with van der Waals surface area (Å²) in [4.78, 5) is 17.2. The molecule has 0 bridgehead atoms. The number of hydrogen-bond donors (Lipinski definition) is 1. The van der Waals surface area contributed by atoms with Gasteiger partial charge in [-0.3, -0.25) is 0 Å². The van der Waals surface area contributed by atoms with Crippen molar-refractivity contribution >= 4 is 17.7 Å². The van der Waals surface area contributed by atoms with Crippen molar-refractivity contribution < 1.29 is 9.90 Å². The van der Waals surface area contributed by atoms with Crippen molar-refractivity contribution in [2.24, 2.45) is 0 Å². The summed E-state index contributed by atoms with van der Waals surface area (Å²) in [6.45, 7) is 2.03. The van der Waals surface area contributed by atoms with Crippen LogP contribution < -0.4 is 0 Å². The average Bonchev–Trinajstić information content (AvgIpc) is 2.48. The van der Waals surface area contributed by atoms with E-state index in [1.807, 2.05) is 37.3 Å². The minimum Gasteiger partial charge on any atom is -0.478 e. The fraction of sp³-hybridized carbons (Fsp3) is 0.294. The highest BCUT2D eigenvalue weighted by Gasteiger charge is 2.19. The summed E-state index contributed by atoms with van der Waals surface area (Å²) in [5, 5.41) is 10.1. The van der Waals surface area contributed by atoms with Crippen LogP contribution in [0.2, 0.25) is 0 Å². The van der Waals surface area contributed by atoms with Gasteiger partial charge < -0.3 is 5.11 Å². The van der Waals surface area contributed by atoms with E-state index in [4.69, 9.17) is 0 Å². The number of nitrogens with zero attached hydrogens (tertiary/aromatic N) is 1. The lowest BCUT2D eigenvalue weighted by molar-refractivity contribution is 0.0692. The summed E-state index contributed by atoms with van der Waals surface area (Å²) in [5.41, 5.74) is 3.64. The van der Waals surface area contributed by atoms with Gasteiger partial charge in [-0.15, -0.1) is 0 Å². The van der Waals surface area contributed by atoms with Gasteiger partial charge in [0.1, 0.15) is 5.03 Å². The third-order valence-electron chi connectivity index (χ3n) is 3.80. The van der Waals surface area contributed by atoms with Crippen molar-refractivity contribution in [2.45, 2.75) is 42.5 Å². The van der Waals surface area contributed by atoms with Gasteiger partial charge in [-0.25, -0.2) is 9.78 Å². The Morgan fingerprint density at radius 2 is 2.00 bits per heavy atom. The van der Waals surface area contributed by atoms with Crippen molar-refractivity contribution in [3.63, 3.8) is 0 Å². The molecule has 0 amide bonds. The third kappa shape index (κ3) is 2.95. The summed E-state index contributed by atoms with van der Waals surface area (Å²) in [6.07, 6.45) is 4.16. The van der Waals surface area contributed by atoms with E-state index in [-0.39, 0.29) is 0 Å². The molecule has 4 heteroatoms. The van der Waals surface area contributed by atoms with Crippen LogP contribution in [0.25, 0.3) is 0 Å². The first-order valence-corrected chi connectivity index (χ1v) is 7.96. The lowest BCUT2D eigenvalue weighted by Gasteiger charge is -2.17. The summed E-state index contributed by atoms with van der Waals surface area (Å²) in [7, 11) is 0. The Hall–Kier alpha value is -1.81. The van der Waals surface area contributed by atoms with E-state index in [1.54, 1.807) is 0 Å². The summed E-state index contributed by atoms with van der Waals surface area (Å²) in [5.74, 6) is -0.896. The zero-order chi connectivity index (χ0) is 14.8. The van der Waals surface area contributed by atoms with Gasteiger partial charge in [-0.05, 0) is 55.9 Å². The normalized spacial score (nSPS) is 13.8. The molecule has 108 valence electrons. The number of rotatable bonds is 3. The molecule has 3 nitrogen and oxygen atoms in total. The third-order valence-corrected chi connectivity index (χ3v) is 4.98. The predicted molar refractivity (Wildman–Crippen MR) is 83.1 cm³/mol. The number of carboxylic acid groups (broad SMARTS) is 1. The molecular weight excluding hydrogens is 282 g/mol. The van der Waals surface area contributed by atoms with Crippen LogP contribution in [0.4, 0.5) is 0 Å². The van der Waals surface area contributed by atoms with Crippen molar-refractivity contribution in [2.75, 3.05) is 0 Å². The smallest absolute Gasteiger partial charge is 0.338 e. The zero-order valence-corrected chi connectivity index (χ0v) is 12.7. The summed E-state index contributed by atoms with van der Waals surface area (Å²) >= 11 is 1.45. The molecule has 3 rings (SSSR count). The second-order valence-electron chi connectivity index (χ2n) is 5.33. The van der Waals surface area contributed by atoms with Gasteiger partial charge >= 0.3 is 5.97 Å². The first kappa shape index (κ1) is 14.1. The molecule has 0 saturated carbocycles. The van der Waals surface area contributed by atoms with Crippen molar-refractivity contribution in [1.82, 2.24) is 4.98 Å². The van der Waals surface area contributed by atoms with Crippen LogP contribution in [0, 0.1) is 6.92 Å². The van der Waals surface area contributed by atoms with E-state index in [0.29, 0.717) is 10.6 Å².